The lowest BCUT2D eigenvalue weighted by atomic mass is 10.0. The maximum absolute atomic E-state index is 14.1. The first-order valence-electron chi connectivity index (χ1n) is 12.3. The molecule has 191 valence electrons. The summed E-state index contributed by atoms with van der Waals surface area (Å²) in [7, 11) is -3.83. The van der Waals surface area contributed by atoms with Crippen LogP contribution in [-0.2, 0) is 27.6 Å². The van der Waals surface area contributed by atoms with Crippen LogP contribution in [0.3, 0.4) is 0 Å². The number of halogens is 2. The van der Waals surface area contributed by atoms with Crippen molar-refractivity contribution in [2.75, 3.05) is 12.3 Å². The Morgan fingerprint density at radius 1 is 1.09 bits per heavy atom. The minimum atomic E-state index is -3.83. The van der Waals surface area contributed by atoms with Gasteiger partial charge in [0, 0.05) is 25.1 Å². The van der Waals surface area contributed by atoms with Crippen LogP contribution in [-0.4, -0.2) is 32.7 Å². The van der Waals surface area contributed by atoms with Gasteiger partial charge in [0.15, 0.2) is 9.84 Å². The summed E-state index contributed by atoms with van der Waals surface area (Å²) in [6, 6.07) is 10.0. The molecule has 35 heavy (non-hydrogen) atoms. The molecule has 0 saturated heterocycles. The topological polar surface area (TPSA) is 75.3 Å². The first-order chi connectivity index (χ1) is 16.7. The Bertz CT molecular complexity index is 1080. The van der Waals surface area contributed by atoms with E-state index in [2.05, 4.69) is 29.7 Å². The van der Waals surface area contributed by atoms with E-state index in [4.69, 9.17) is 0 Å². The van der Waals surface area contributed by atoms with Gasteiger partial charge in [-0.2, -0.15) is 0 Å². The summed E-state index contributed by atoms with van der Waals surface area (Å²) in [5, 5.41) is 4.85. The molecule has 0 spiro atoms. The highest BCUT2D eigenvalue weighted by molar-refractivity contribution is 7.91. The van der Waals surface area contributed by atoms with E-state index < -0.39 is 32.8 Å². The molecule has 1 amide bonds. The third-order valence-corrected chi connectivity index (χ3v) is 8.41. The van der Waals surface area contributed by atoms with E-state index in [9.17, 15) is 22.0 Å². The van der Waals surface area contributed by atoms with Crippen molar-refractivity contribution in [1.82, 2.24) is 10.6 Å². The predicted octanol–water partition coefficient (Wildman–Crippen LogP) is 4.67. The van der Waals surface area contributed by atoms with E-state index in [0.717, 1.165) is 37.0 Å². The van der Waals surface area contributed by atoms with Crippen LogP contribution in [0.15, 0.2) is 42.5 Å². The average molecular weight is 506 g/mol. The van der Waals surface area contributed by atoms with Crippen molar-refractivity contribution >= 4 is 15.7 Å². The Balaban J connectivity index is 1.83. The van der Waals surface area contributed by atoms with Crippen LogP contribution < -0.4 is 10.6 Å². The lowest BCUT2D eigenvalue weighted by Gasteiger charge is -2.29. The third kappa shape index (κ3) is 8.10. The minimum absolute atomic E-state index is 0.00611. The Labute approximate surface area is 207 Å². The molecule has 2 aromatic carbocycles. The van der Waals surface area contributed by atoms with Crippen LogP contribution in [0, 0.1) is 24.0 Å². The number of hydrogen-bond acceptors (Lipinski definition) is 4. The van der Waals surface area contributed by atoms with Gasteiger partial charge < -0.3 is 10.6 Å². The van der Waals surface area contributed by atoms with Crippen LogP contribution in [0.1, 0.15) is 61.5 Å². The normalized spacial score (nSPS) is 15.5. The monoisotopic (exact) mass is 505 g/mol. The maximum atomic E-state index is 14.1. The molecule has 2 aromatic rings. The number of nitrogens with one attached hydrogen (secondary N) is 2. The second-order valence-corrected chi connectivity index (χ2v) is 11.4. The number of carbonyl (C=O) groups excluding carboxylic acids is 1. The van der Waals surface area contributed by atoms with E-state index in [1.165, 1.54) is 5.56 Å². The summed E-state index contributed by atoms with van der Waals surface area (Å²) in [5.41, 5.74) is 2.32. The number of hydrogen-bond donors (Lipinski definition) is 2. The fraction of sp³-hybridized carbons (Fsp3) is 0.481. The van der Waals surface area contributed by atoms with E-state index in [-0.39, 0.29) is 23.1 Å². The molecular formula is C27H35F2N2O3S. The zero-order chi connectivity index (χ0) is 25.4. The standard InChI is InChI=1S/C27H35F2N2O3S/c1-3-5-13-35(33,34)26(22-15-23(28)17-24(29)16-22)25(31-27(32)21-9-10-21)11-12-30-18-20-8-6-7-19(4-2)14-20/h6-8,11,14-17,21,25-26,30H,3-5,9-10,12-13,18H2,1-2H3,(H,31,32)/t25-,26?/m0/s1. The Hall–Kier alpha value is -2.32. The molecular weight excluding hydrogens is 470 g/mol. The molecule has 1 unspecified atom stereocenters. The van der Waals surface area contributed by atoms with Crippen LogP contribution in [0.5, 0.6) is 0 Å². The number of rotatable bonds is 14. The molecule has 5 nitrogen and oxygen atoms in total. The molecule has 8 heteroatoms. The molecule has 1 fully saturated rings. The molecule has 1 radical (unpaired) electrons. The largest absolute Gasteiger partial charge is 0.351 e. The van der Waals surface area contributed by atoms with Crippen molar-refractivity contribution < 1.29 is 22.0 Å². The quantitative estimate of drug-likeness (QED) is 0.366. The van der Waals surface area contributed by atoms with E-state index in [1.807, 2.05) is 19.1 Å². The van der Waals surface area contributed by atoms with Crippen LogP contribution in [0.4, 0.5) is 8.78 Å². The first-order valence-corrected chi connectivity index (χ1v) is 14.0. The highest BCUT2D eigenvalue weighted by Crippen LogP contribution is 2.33. The Morgan fingerprint density at radius 2 is 1.77 bits per heavy atom. The van der Waals surface area contributed by atoms with Gasteiger partial charge >= 0.3 is 0 Å². The summed E-state index contributed by atoms with van der Waals surface area (Å²) < 4.78 is 55.0. The number of sulfone groups is 1. The van der Waals surface area contributed by atoms with E-state index >= 15 is 0 Å². The van der Waals surface area contributed by atoms with Crippen molar-refractivity contribution in [3.8, 4) is 0 Å². The van der Waals surface area contributed by atoms with Gasteiger partial charge in [0.1, 0.15) is 16.9 Å². The van der Waals surface area contributed by atoms with Crippen molar-refractivity contribution in [3.63, 3.8) is 0 Å². The molecule has 0 bridgehead atoms. The van der Waals surface area contributed by atoms with Crippen molar-refractivity contribution in [1.29, 1.82) is 0 Å². The molecule has 1 aliphatic carbocycles. The van der Waals surface area contributed by atoms with Crippen molar-refractivity contribution in [3.05, 3.63) is 77.2 Å². The summed E-state index contributed by atoms with van der Waals surface area (Å²) in [6.45, 7) is 4.84. The zero-order valence-electron chi connectivity index (χ0n) is 20.4. The third-order valence-electron chi connectivity index (χ3n) is 6.21. The first kappa shape index (κ1) is 27.3. The number of unbranched alkanes of at least 4 members (excludes halogenated alkanes) is 1. The molecule has 2 N–H and O–H groups in total. The molecule has 0 aliphatic heterocycles. The number of carbonyl (C=O) groups is 1. The molecule has 0 aromatic heterocycles. The Kier molecular flexibility index (Phi) is 9.80. The SMILES string of the molecule is CCCCS(=O)(=O)C(c1cc(F)cc(F)c1)[C@H]([CH]CNCc1cccc(CC)c1)NC(=O)C1CC1. The molecule has 3 rings (SSSR count). The summed E-state index contributed by atoms with van der Waals surface area (Å²) >= 11 is 0. The molecule has 1 aliphatic rings. The van der Waals surface area contributed by atoms with Gasteiger partial charge in [0.25, 0.3) is 0 Å². The van der Waals surface area contributed by atoms with Gasteiger partial charge in [-0.3, -0.25) is 4.79 Å². The van der Waals surface area contributed by atoms with Gasteiger partial charge in [0.05, 0.1) is 11.8 Å². The number of benzene rings is 2. The predicted molar refractivity (Wildman–Crippen MR) is 134 cm³/mol. The van der Waals surface area contributed by atoms with Gasteiger partial charge in [-0.25, -0.2) is 17.2 Å². The van der Waals surface area contributed by atoms with Crippen LogP contribution in [0.2, 0.25) is 0 Å². The number of aryl methyl sites for hydroxylation is 1. The minimum Gasteiger partial charge on any atom is -0.351 e. The fourth-order valence-corrected chi connectivity index (χ4v) is 6.24. The highest BCUT2D eigenvalue weighted by Gasteiger charge is 2.38. The summed E-state index contributed by atoms with van der Waals surface area (Å²) in [6.07, 6.45) is 5.22. The van der Waals surface area contributed by atoms with Crippen LogP contribution >= 0.6 is 0 Å². The lowest BCUT2D eigenvalue weighted by molar-refractivity contribution is -0.122. The maximum Gasteiger partial charge on any atom is 0.223 e. The summed E-state index contributed by atoms with van der Waals surface area (Å²) in [4.78, 5) is 12.7. The summed E-state index contributed by atoms with van der Waals surface area (Å²) in [5.74, 6) is -2.20. The van der Waals surface area contributed by atoms with Crippen LogP contribution in [0.25, 0.3) is 0 Å². The van der Waals surface area contributed by atoms with Gasteiger partial charge in [-0.15, -0.1) is 0 Å². The average Bonchev–Trinajstić information content (AvgIpc) is 3.65. The lowest BCUT2D eigenvalue weighted by Crippen LogP contribution is -2.45. The zero-order valence-corrected chi connectivity index (χ0v) is 21.2. The molecule has 1 saturated carbocycles. The van der Waals surface area contributed by atoms with Crippen molar-refractivity contribution in [2.24, 2.45) is 5.92 Å². The second kappa shape index (κ2) is 12.6. The Morgan fingerprint density at radius 3 is 2.40 bits per heavy atom. The number of amides is 1. The van der Waals surface area contributed by atoms with Gasteiger partial charge in [-0.05, 0) is 60.9 Å². The smallest absolute Gasteiger partial charge is 0.223 e. The van der Waals surface area contributed by atoms with Gasteiger partial charge in [-0.1, -0.05) is 44.5 Å². The van der Waals surface area contributed by atoms with Gasteiger partial charge in [0.2, 0.25) is 5.91 Å². The van der Waals surface area contributed by atoms with Crippen molar-refractivity contribution in [2.45, 2.75) is 63.8 Å². The van der Waals surface area contributed by atoms with E-state index in [0.29, 0.717) is 32.0 Å². The van der Waals surface area contributed by atoms with E-state index in [1.54, 1.807) is 6.42 Å². The molecule has 2 atom stereocenters. The fourth-order valence-electron chi connectivity index (χ4n) is 4.12. The molecule has 0 heterocycles. The second-order valence-electron chi connectivity index (χ2n) is 9.19. The highest BCUT2D eigenvalue weighted by atomic mass is 32.2.